The Hall–Kier alpha value is -0.590. The molecular weight excluding hydrogens is 288 g/mol. The minimum Gasteiger partial charge on any atom is -0.319 e. The lowest BCUT2D eigenvalue weighted by molar-refractivity contribution is -0.291. The van der Waals surface area contributed by atoms with Crippen LogP contribution >= 0.6 is 23.2 Å². The van der Waals surface area contributed by atoms with Crippen molar-refractivity contribution in [2.45, 2.75) is 18.1 Å². The van der Waals surface area contributed by atoms with Gasteiger partial charge >= 0.3 is 12.1 Å². The highest BCUT2D eigenvalue weighted by atomic mass is 35.5. The number of alkyl halides is 5. The Kier molecular flexibility index (Phi) is 3.91. The molecule has 0 aromatic heterocycles. The van der Waals surface area contributed by atoms with Gasteiger partial charge in [-0.3, -0.25) is 0 Å². The molecule has 0 saturated heterocycles. The summed E-state index contributed by atoms with van der Waals surface area (Å²) in [7, 11) is 0. The summed E-state index contributed by atoms with van der Waals surface area (Å²) in [6, 6.07) is 0.472. The van der Waals surface area contributed by atoms with Crippen molar-refractivity contribution in [2.24, 2.45) is 5.73 Å². The molecule has 0 bridgehead atoms. The molecule has 1 atom stereocenters. The molecule has 0 aliphatic rings. The monoisotopic (exact) mass is 293 g/mol. The topological polar surface area (TPSA) is 26.0 Å². The van der Waals surface area contributed by atoms with Crippen molar-refractivity contribution in [3.05, 3.63) is 33.8 Å². The van der Waals surface area contributed by atoms with E-state index in [0.717, 1.165) is 12.1 Å². The van der Waals surface area contributed by atoms with Gasteiger partial charge in [0, 0.05) is 10.0 Å². The van der Waals surface area contributed by atoms with E-state index in [1.807, 2.05) is 0 Å². The lowest BCUT2D eigenvalue weighted by atomic mass is 10.0. The van der Waals surface area contributed by atoms with Gasteiger partial charge in [0.25, 0.3) is 0 Å². The first-order valence-corrected chi connectivity index (χ1v) is 4.97. The van der Waals surface area contributed by atoms with E-state index in [4.69, 9.17) is 28.9 Å². The summed E-state index contributed by atoms with van der Waals surface area (Å²) >= 11 is 11.0. The molecule has 1 aromatic rings. The Morgan fingerprint density at radius 1 is 0.941 bits per heavy atom. The predicted octanol–water partition coefficient (Wildman–Crippen LogP) is 4.19. The third-order valence-electron chi connectivity index (χ3n) is 2.01. The molecule has 0 spiro atoms. The Morgan fingerprint density at radius 2 is 1.35 bits per heavy atom. The van der Waals surface area contributed by atoms with E-state index < -0.39 is 23.7 Å². The van der Waals surface area contributed by atoms with Gasteiger partial charge in [-0.1, -0.05) is 23.2 Å². The van der Waals surface area contributed by atoms with Crippen molar-refractivity contribution in [3.63, 3.8) is 0 Å². The van der Waals surface area contributed by atoms with Crippen LogP contribution < -0.4 is 5.73 Å². The average Bonchev–Trinajstić information content (AvgIpc) is 2.13. The Morgan fingerprint density at radius 3 is 1.71 bits per heavy atom. The van der Waals surface area contributed by atoms with Crippen molar-refractivity contribution in [3.8, 4) is 0 Å². The Labute approximate surface area is 103 Å². The van der Waals surface area contributed by atoms with Crippen LogP contribution in [0.25, 0.3) is 0 Å². The number of hydrogen-bond donors (Lipinski definition) is 1. The number of hydrogen-bond acceptors (Lipinski definition) is 1. The van der Waals surface area contributed by atoms with Gasteiger partial charge in [-0.25, -0.2) is 0 Å². The number of benzene rings is 1. The summed E-state index contributed by atoms with van der Waals surface area (Å²) < 4.78 is 62.1. The lowest BCUT2D eigenvalue weighted by Crippen LogP contribution is -2.45. The molecule has 0 aliphatic heterocycles. The molecular formula is C9H6Cl2F5N. The van der Waals surface area contributed by atoms with Gasteiger partial charge in [0.1, 0.15) is 6.04 Å². The zero-order valence-electron chi connectivity index (χ0n) is 8.03. The molecule has 0 aliphatic carbocycles. The molecule has 1 nitrogen and oxygen atoms in total. The summed E-state index contributed by atoms with van der Waals surface area (Å²) in [4.78, 5) is 0. The van der Waals surface area contributed by atoms with Crippen LogP contribution in [0, 0.1) is 0 Å². The van der Waals surface area contributed by atoms with Crippen molar-refractivity contribution < 1.29 is 22.0 Å². The van der Waals surface area contributed by atoms with E-state index in [1.165, 1.54) is 6.07 Å². The van der Waals surface area contributed by atoms with Gasteiger partial charge in [-0.15, -0.1) is 0 Å². The number of rotatable bonds is 2. The van der Waals surface area contributed by atoms with E-state index >= 15 is 0 Å². The molecule has 2 N–H and O–H groups in total. The summed E-state index contributed by atoms with van der Waals surface area (Å²) in [6.45, 7) is 0. The molecule has 17 heavy (non-hydrogen) atoms. The summed E-state index contributed by atoms with van der Waals surface area (Å²) in [5.41, 5.74) is 4.43. The lowest BCUT2D eigenvalue weighted by Gasteiger charge is -2.26. The smallest absolute Gasteiger partial charge is 0.319 e. The van der Waals surface area contributed by atoms with Crippen molar-refractivity contribution in [1.29, 1.82) is 0 Å². The van der Waals surface area contributed by atoms with Crippen molar-refractivity contribution >= 4 is 23.2 Å². The minimum atomic E-state index is -5.73. The average molecular weight is 294 g/mol. The summed E-state index contributed by atoms with van der Waals surface area (Å²) in [5, 5.41) is -0.137. The van der Waals surface area contributed by atoms with E-state index in [0.29, 0.717) is 0 Å². The van der Waals surface area contributed by atoms with Gasteiger partial charge in [0.2, 0.25) is 0 Å². The maximum absolute atomic E-state index is 12.9. The van der Waals surface area contributed by atoms with Gasteiger partial charge in [0.15, 0.2) is 0 Å². The second-order valence-corrected chi connectivity index (χ2v) is 4.17. The fourth-order valence-corrected chi connectivity index (χ4v) is 1.68. The predicted molar refractivity (Wildman–Crippen MR) is 54.4 cm³/mol. The molecule has 1 aromatic carbocycles. The Bertz CT molecular complexity index is 398. The SMILES string of the molecule is N[C@H](c1cc(Cl)cc(Cl)c1)C(F)(F)C(F)(F)F. The first-order valence-electron chi connectivity index (χ1n) is 4.22. The van der Waals surface area contributed by atoms with E-state index in [2.05, 4.69) is 0 Å². The van der Waals surface area contributed by atoms with Gasteiger partial charge in [-0.05, 0) is 23.8 Å². The van der Waals surface area contributed by atoms with E-state index in [9.17, 15) is 22.0 Å². The number of halogens is 7. The highest BCUT2D eigenvalue weighted by Crippen LogP contribution is 2.43. The van der Waals surface area contributed by atoms with Gasteiger partial charge < -0.3 is 5.73 Å². The van der Waals surface area contributed by atoms with Crippen LogP contribution in [0.4, 0.5) is 22.0 Å². The van der Waals surface area contributed by atoms with Crippen LogP contribution in [0.5, 0.6) is 0 Å². The third kappa shape index (κ3) is 3.00. The molecule has 96 valence electrons. The first kappa shape index (κ1) is 14.5. The van der Waals surface area contributed by atoms with Crippen LogP contribution in [-0.2, 0) is 0 Å². The molecule has 1 rings (SSSR count). The molecule has 0 unspecified atom stereocenters. The van der Waals surface area contributed by atoms with Crippen molar-refractivity contribution in [1.82, 2.24) is 0 Å². The summed E-state index contributed by atoms with van der Waals surface area (Å²) in [5.74, 6) is -5.05. The maximum atomic E-state index is 12.9. The molecule has 0 fully saturated rings. The maximum Gasteiger partial charge on any atom is 0.455 e. The second kappa shape index (κ2) is 4.59. The minimum absolute atomic E-state index is 0.0686. The van der Waals surface area contributed by atoms with Crippen LogP contribution in [-0.4, -0.2) is 12.1 Å². The van der Waals surface area contributed by atoms with Gasteiger partial charge in [0.05, 0.1) is 0 Å². The highest BCUT2D eigenvalue weighted by molar-refractivity contribution is 6.34. The summed E-state index contributed by atoms with van der Waals surface area (Å²) in [6.07, 6.45) is -5.73. The quantitative estimate of drug-likeness (QED) is 0.813. The third-order valence-corrected chi connectivity index (χ3v) is 2.45. The molecule has 0 amide bonds. The molecule has 8 heteroatoms. The fraction of sp³-hybridized carbons (Fsp3) is 0.333. The zero-order chi connectivity index (χ0) is 13.4. The standard InChI is InChI=1S/C9H6Cl2F5N/c10-5-1-4(2-6(11)3-5)7(17)8(12,13)9(14,15)16/h1-3,7H,17H2/t7-/m1/s1. The molecule has 0 radical (unpaired) electrons. The normalized spacial score (nSPS) is 14.8. The van der Waals surface area contributed by atoms with E-state index in [1.54, 1.807) is 0 Å². The Balaban J connectivity index is 3.16. The highest BCUT2D eigenvalue weighted by Gasteiger charge is 2.61. The van der Waals surface area contributed by atoms with Crippen LogP contribution in [0.1, 0.15) is 11.6 Å². The number of nitrogens with two attached hydrogens (primary N) is 1. The second-order valence-electron chi connectivity index (χ2n) is 3.30. The zero-order valence-corrected chi connectivity index (χ0v) is 9.54. The van der Waals surface area contributed by atoms with Crippen molar-refractivity contribution in [2.75, 3.05) is 0 Å². The van der Waals surface area contributed by atoms with Gasteiger partial charge in [-0.2, -0.15) is 22.0 Å². The molecule has 0 saturated carbocycles. The molecule has 0 heterocycles. The first-order chi connectivity index (χ1) is 7.55. The largest absolute Gasteiger partial charge is 0.455 e. The van der Waals surface area contributed by atoms with Crippen LogP contribution in [0.3, 0.4) is 0 Å². The fourth-order valence-electron chi connectivity index (χ4n) is 1.14. The van der Waals surface area contributed by atoms with Crippen LogP contribution in [0.2, 0.25) is 10.0 Å². The van der Waals surface area contributed by atoms with E-state index in [-0.39, 0.29) is 10.0 Å². The van der Waals surface area contributed by atoms with Crippen LogP contribution in [0.15, 0.2) is 18.2 Å².